The predicted octanol–water partition coefficient (Wildman–Crippen LogP) is 1.80. The van der Waals surface area contributed by atoms with E-state index in [1.165, 1.54) is 4.90 Å². The van der Waals surface area contributed by atoms with Crippen molar-refractivity contribution in [2.24, 2.45) is 0 Å². The molecule has 2 rings (SSSR count). The Morgan fingerprint density at radius 3 is 2.83 bits per heavy atom. The van der Waals surface area contributed by atoms with Gasteiger partial charge in [0.15, 0.2) is 0 Å². The van der Waals surface area contributed by atoms with Crippen molar-refractivity contribution in [2.75, 3.05) is 17.6 Å². The van der Waals surface area contributed by atoms with Crippen LogP contribution >= 0.6 is 19.2 Å². The lowest BCUT2D eigenvalue weighted by molar-refractivity contribution is -0.116. The second kappa shape index (κ2) is 5.02. The van der Waals surface area contributed by atoms with Gasteiger partial charge >= 0.3 is 7.60 Å². The van der Waals surface area contributed by atoms with Gasteiger partial charge < -0.3 is 14.7 Å². The molecule has 0 radical (unpaired) electrons. The zero-order valence-electron chi connectivity index (χ0n) is 9.54. The van der Waals surface area contributed by atoms with Crippen molar-refractivity contribution in [1.82, 2.24) is 0 Å². The molecule has 0 unspecified atom stereocenters. The molecule has 5 nitrogen and oxygen atoms in total. The fraction of sp³-hybridized carbons (Fsp3) is 0.364. The zero-order chi connectivity index (χ0) is 13.3. The summed E-state index contributed by atoms with van der Waals surface area (Å²) in [5.74, 6) is -0.549. The molecule has 0 bridgehead atoms. The topological polar surface area (TPSA) is 77.8 Å². The summed E-state index contributed by atoms with van der Waals surface area (Å²) in [6.45, 7) is 0.480. The Hall–Kier alpha value is -0.870. The molecule has 98 valence electrons. The lowest BCUT2D eigenvalue weighted by Crippen LogP contribution is -2.37. The Kier molecular flexibility index (Phi) is 3.78. The number of fused-ring (bicyclic) bond motifs is 1. The maximum absolute atomic E-state index is 11.9. The van der Waals surface area contributed by atoms with E-state index in [0.29, 0.717) is 17.3 Å². The van der Waals surface area contributed by atoms with Crippen LogP contribution in [-0.4, -0.2) is 28.4 Å². The number of hydrogen-bond donors (Lipinski definition) is 2. The van der Waals surface area contributed by atoms with Crippen molar-refractivity contribution in [2.45, 2.75) is 12.8 Å². The van der Waals surface area contributed by atoms with Gasteiger partial charge in [-0.05, 0) is 36.6 Å². The van der Waals surface area contributed by atoms with Crippen LogP contribution in [0.15, 0.2) is 18.2 Å². The summed E-state index contributed by atoms with van der Waals surface area (Å²) in [7, 11) is -4.33. The van der Waals surface area contributed by atoms with Crippen molar-refractivity contribution >= 4 is 30.8 Å². The molecule has 1 amide bonds. The van der Waals surface area contributed by atoms with E-state index in [-0.39, 0.29) is 0 Å². The highest BCUT2D eigenvalue weighted by Gasteiger charge is 2.27. The predicted molar refractivity (Wildman–Crippen MR) is 69.0 cm³/mol. The van der Waals surface area contributed by atoms with Crippen molar-refractivity contribution in [3.05, 3.63) is 28.8 Å². The van der Waals surface area contributed by atoms with Crippen LogP contribution in [0.1, 0.15) is 12.0 Å². The van der Waals surface area contributed by atoms with Gasteiger partial charge in [0, 0.05) is 17.3 Å². The van der Waals surface area contributed by atoms with Gasteiger partial charge in [-0.15, -0.1) is 0 Å². The number of anilines is 1. The van der Waals surface area contributed by atoms with Gasteiger partial charge in [0.1, 0.15) is 6.16 Å². The van der Waals surface area contributed by atoms with Gasteiger partial charge in [-0.1, -0.05) is 11.6 Å². The highest BCUT2D eigenvalue weighted by molar-refractivity contribution is 7.52. The van der Waals surface area contributed by atoms with E-state index in [1.807, 2.05) is 0 Å². The summed E-state index contributed by atoms with van der Waals surface area (Å²) >= 11 is 5.88. The second-order valence-corrected chi connectivity index (χ2v) is 6.33. The van der Waals surface area contributed by atoms with E-state index in [1.54, 1.807) is 18.2 Å². The fourth-order valence-corrected chi connectivity index (χ4v) is 2.80. The van der Waals surface area contributed by atoms with Crippen molar-refractivity contribution in [3.63, 3.8) is 0 Å². The Morgan fingerprint density at radius 2 is 2.17 bits per heavy atom. The molecule has 1 heterocycles. The van der Waals surface area contributed by atoms with Crippen LogP contribution in [0, 0.1) is 0 Å². The molecule has 0 atom stereocenters. The summed E-state index contributed by atoms with van der Waals surface area (Å²) < 4.78 is 10.9. The first-order valence-corrected chi connectivity index (χ1v) is 7.68. The number of carbonyl (C=O) groups excluding carboxylic acids is 1. The minimum Gasteiger partial charge on any atom is -0.324 e. The van der Waals surface area contributed by atoms with Crippen LogP contribution in [0.2, 0.25) is 5.02 Å². The molecule has 0 saturated carbocycles. The highest BCUT2D eigenvalue weighted by atomic mass is 35.5. The summed E-state index contributed by atoms with van der Waals surface area (Å²) in [6, 6.07) is 5.17. The third-order valence-corrected chi connectivity index (χ3v) is 3.72. The maximum Gasteiger partial charge on any atom is 0.334 e. The molecular weight excluding hydrogens is 277 g/mol. The molecule has 1 aromatic carbocycles. The third kappa shape index (κ3) is 3.12. The number of benzene rings is 1. The molecular formula is C11H13ClNO4P. The zero-order valence-corrected chi connectivity index (χ0v) is 11.2. The highest BCUT2D eigenvalue weighted by Crippen LogP contribution is 2.36. The van der Waals surface area contributed by atoms with Gasteiger partial charge in [-0.25, -0.2) is 0 Å². The molecule has 1 aliphatic heterocycles. The van der Waals surface area contributed by atoms with Crippen molar-refractivity contribution in [3.8, 4) is 0 Å². The number of hydrogen-bond acceptors (Lipinski definition) is 2. The van der Waals surface area contributed by atoms with E-state index in [9.17, 15) is 9.36 Å². The Morgan fingerprint density at radius 1 is 1.44 bits per heavy atom. The number of rotatable bonds is 2. The number of aryl methyl sites for hydroxylation is 1. The average Bonchev–Trinajstić information content (AvgIpc) is 2.25. The first-order chi connectivity index (χ1) is 8.37. The quantitative estimate of drug-likeness (QED) is 0.814. The molecule has 18 heavy (non-hydrogen) atoms. The minimum atomic E-state index is -4.33. The molecule has 0 aromatic heterocycles. The van der Waals surface area contributed by atoms with Crippen LogP contribution in [0.4, 0.5) is 5.69 Å². The van der Waals surface area contributed by atoms with E-state index >= 15 is 0 Å². The van der Waals surface area contributed by atoms with Gasteiger partial charge in [0.05, 0.1) is 0 Å². The second-order valence-electron chi connectivity index (χ2n) is 4.24. The van der Waals surface area contributed by atoms with E-state index in [4.69, 9.17) is 21.4 Å². The molecule has 0 fully saturated rings. The molecule has 0 saturated heterocycles. The van der Waals surface area contributed by atoms with Gasteiger partial charge in [-0.3, -0.25) is 9.36 Å². The van der Waals surface area contributed by atoms with Crippen molar-refractivity contribution in [1.29, 1.82) is 0 Å². The van der Waals surface area contributed by atoms with Crippen LogP contribution in [0.5, 0.6) is 0 Å². The minimum absolute atomic E-state index is 0.480. The van der Waals surface area contributed by atoms with Crippen molar-refractivity contribution < 1.29 is 19.1 Å². The summed E-state index contributed by atoms with van der Waals surface area (Å²) in [6.07, 6.45) is 0.824. The fourth-order valence-electron chi connectivity index (χ4n) is 2.09. The number of nitrogens with zero attached hydrogens (tertiary/aromatic N) is 1. The Labute approximate surface area is 110 Å². The SMILES string of the molecule is O=C(CP(=O)(O)O)N1CCCc2cc(Cl)ccc21. The Balaban J connectivity index is 2.27. The molecule has 2 N–H and O–H groups in total. The van der Waals surface area contributed by atoms with Crippen LogP contribution < -0.4 is 4.90 Å². The lowest BCUT2D eigenvalue weighted by Gasteiger charge is -2.29. The summed E-state index contributed by atoms with van der Waals surface area (Å²) in [5.41, 5.74) is 1.64. The first kappa shape index (κ1) is 13.6. The third-order valence-electron chi connectivity index (χ3n) is 2.80. The largest absolute Gasteiger partial charge is 0.334 e. The lowest BCUT2D eigenvalue weighted by atomic mass is 10.0. The summed E-state index contributed by atoms with van der Waals surface area (Å²) in [4.78, 5) is 31.0. The maximum atomic E-state index is 11.9. The smallest absolute Gasteiger partial charge is 0.324 e. The van der Waals surface area contributed by atoms with Crippen LogP contribution in [0.3, 0.4) is 0 Å². The molecule has 1 aromatic rings. The van der Waals surface area contributed by atoms with E-state index < -0.39 is 19.7 Å². The normalized spacial score (nSPS) is 15.4. The van der Waals surface area contributed by atoms with Gasteiger partial charge in [0.2, 0.25) is 5.91 Å². The van der Waals surface area contributed by atoms with E-state index in [0.717, 1.165) is 18.4 Å². The molecule has 7 heteroatoms. The molecule has 1 aliphatic rings. The molecule has 0 spiro atoms. The standard InChI is InChI=1S/C11H13ClNO4P/c12-9-3-4-10-8(6-9)2-1-5-13(10)11(14)7-18(15,16)17/h3-4,6H,1-2,5,7H2,(H2,15,16,17). The number of carbonyl (C=O) groups is 1. The number of halogens is 1. The Bertz CT molecular complexity index is 528. The van der Waals surface area contributed by atoms with Crippen LogP contribution in [0.25, 0.3) is 0 Å². The summed E-state index contributed by atoms with van der Waals surface area (Å²) in [5, 5.41) is 0.595. The first-order valence-electron chi connectivity index (χ1n) is 5.50. The average molecular weight is 290 g/mol. The monoisotopic (exact) mass is 289 g/mol. The number of amides is 1. The van der Waals surface area contributed by atoms with Crippen LogP contribution in [-0.2, 0) is 15.8 Å². The molecule has 0 aliphatic carbocycles. The van der Waals surface area contributed by atoms with Gasteiger partial charge in [0.25, 0.3) is 0 Å². The van der Waals surface area contributed by atoms with E-state index in [2.05, 4.69) is 0 Å². The van der Waals surface area contributed by atoms with Gasteiger partial charge in [-0.2, -0.15) is 0 Å².